The summed E-state index contributed by atoms with van der Waals surface area (Å²) in [6, 6.07) is 14.8. The van der Waals surface area contributed by atoms with Gasteiger partial charge in [-0.1, -0.05) is 35.9 Å². The summed E-state index contributed by atoms with van der Waals surface area (Å²) in [6.45, 7) is 4.57. The number of amides is 2. The fourth-order valence-electron chi connectivity index (χ4n) is 3.07. The fraction of sp³-hybridized carbons (Fsp3) is 0.300. The van der Waals surface area contributed by atoms with Crippen LogP contribution in [0.25, 0.3) is 0 Å². The van der Waals surface area contributed by atoms with E-state index in [0.717, 1.165) is 23.2 Å². The fourth-order valence-corrected chi connectivity index (χ4v) is 3.07. The van der Waals surface area contributed by atoms with Gasteiger partial charge in [0.15, 0.2) is 0 Å². The molecule has 0 spiro atoms. The zero-order valence-corrected chi connectivity index (χ0v) is 14.1. The van der Waals surface area contributed by atoms with Gasteiger partial charge in [0, 0.05) is 17.8 Å². The van der Waals surface area contributed by atoms with Crippen LogP contribution in [0.4, 0.5) is 5.69 Å². The molecule has 4 nitrogen and oxygen atoms in total. The first kappa shape index (κ1) is 16.2. The van der Waals surface area contributed by atoms with E-state index in [-0.39, 0.29) is 11.8 Å². The maximum atomic E-state index is 12.7. The van der Waals surface area contributed by atoms with Crippen LogP contribution in [0.1, 0.15) is 34.3 Å². The summed E-state index contributed by atoms with van der Waals surface area (Å²) in [7, 11) is 0. The Morgan fingerprint density at radius 2 is 1.75 bits per heavy atom. The van der Waals surface area contributed by atoms with Gasteiger partial charge >= 0.3 is 0 Å². The summed E-state index contributed by atoms with van der Waals surface area (Å²) in [4.78, 5) is 27.1. The number of nitrogens with one attached hydrogen (secondary N) is 1. The number of hydrogen-bond donors (Lipinski definition) is 1. The van der Waals surface area contributed by atoms with Crippen LogP contribution in [0.3, 0.4) is 0 Å². The topological polar surface area (TPSA) is 49.4 Å². The lowest BCUT2D eigenvalue weighted by Crippen LogP contribution is -2.43. The molecule has 1 aliphatic rings. The first-order valence-electron chi connectivity index (χ1n) is 8.30. The van der Waals surface area contributed by atoms with Gasteiger partial charge in [-0.05, 0) is 50.5 Å². The second kappa shape index (κ2) is 6.87. The number of aryl methyl sites for hydroxylation is 2. The van der Waals surface area contributed by atoms with Gasteiger partial charge in [-0.2, -0.15) is 0 Å². The molecule has 0 bridgehead atoms. The van der Waals surface area contributed by atoms with Crippen molar-refractivity contribution in [3.8, 4) is 0 Å². The molecule has 1 fully saturated rings. The Hall–Kier alpha value is -2.62. The van der Waals surface area contributed by atoms with Crippen LogP contribution < -0.4 is 5.32 Å². The lowest BCUT2D eigenvalue weighted by Gasteiger charge is -2.24. The minimum absolute atomic E-state index is 0.0718. The zero-order chi connectivity index (χ0) is 17.1. The number of nitrogens with zero attached hydrogens (tertiary/aromatic N) is 1. The monoisotopic (exact) mass is 322 g/mol. The van der Waals surface area contributed by atoms with Crippen LogP contribution in [0, 0.1) is 13.8 Å². The highest BCUT2D eigenvalue weighted by Gasteiger charge is 2.34. The Morgan fingerprint density at radius 1 is 1.04 bits per heavy atom. The molecule has 1 N–H and O–H groups in total. The molecule has 0 aromatic heterocycles. The first-order chi connectivity index (χ1) is 11.6. The van der Waals surface area contributed by atoms with Crippen LogP contribution in [-0.2, 0) is 4.79 Å². The molecule has 1 saturated heterocycles. The molecule has 1 unspecified atom stereocenters. The van der Waals surface area contributed by atoms with Gasteiger partial charge in [0.05, 0.1) is 0 Å². The third kappa shape index (κ3) is 3.32. The van der Waals surface area contributed by atoms with Gasteiger partial charge in [0.25, 0.3) is 5.91 Å². The second-order valence-corrected chi connectivity index (χ2v) is 6.33. The van der Waals surface area contributed by atoms with Gasteiger partial charge in [-0.25, -0.2) is 0 Å². The maximum Gasteiger partial charge on any atom is 0.254 e. The number of hydrogen-bond acceptors (Lipinski definition) is 2. The molecule has 24 heavy (non-hydrogen) atoms. The summed E-state index contributed by atoms with van der Waals surface area (Å²) in [5.41, 5.74) is 3.57. The van der Waals surface area contributed by atoms with E-state index in [4.69, 9.17) is 0 Å². The third-order valence-corrected chi connectivity index (χ3v) is 4.52. The van der Waals surface area contributed by atoms with Crippen LogP contribution in [0.2, 0.25) is 0 Å². The first-order valence-corrected chi connectivity index (χ1v) is 8.30. The molecule has 4 heteroatoms. The van der Waals surface area contributed by atoms with Crippen LogP contribution >= 0.6 is 0 Å². The molecule has 1 aliphatic heterocycles. The molecule has 2 aromatic rings. The number of carbonyl (C=O) groups is 2. The molecule has 1 atom stereocenters. The summed E-state index contributed by atoms with van der Waals surface area (Å²) in [5.74, 6) is -0.181. The van der Waals surface area contributed by atoms with Crippen molar-refractivity contribution in [1.29, 1.82) is 0 Å². The molecule has 1 heterocycles. The normalized spacial score (nSPS) is 16.9. The number of para-hydroxylation sites is 1. The van der Waals surface area contributed by atoms with E-state index >= 15 is 0 Å². The highest BCUT2D eigenvalue weighted by molar-refractivity contribution is 6.01. The van der Waals surface area contributed by atoms with Crippen molar-refractivity contribution in [2.24, 2.45) is 0 Å². The maximum absolute atomic E-state index is 12.7. The van der Waals surface area contributed by atoms with Crippen molar-refractivity contribution in [3.63, 3.8) is 0 Å². The lowest BCUT2D eigenvalue weighted by molar-refractivity contribution is -0.119. The van der Waals surface area contributed by atoms with Crippen molar-refractivity contribution in [2.75, 3.05) is 11.9 Å². The smallest absolute Gasteiger partial charge is 0.254 e. The van der Waals surface area contributed by atoms with Crippen molar-refractivity contribution in [2.45, 2.75) is 32.7 Å². The van der Waals surface area contributed by atoms with Crippen molar-refractivity contribution < 1.29 is 9.59 Å². The Labute approximate surface area is 142 Å². The molecule has 0 aliphatic carbocycles. The van der Waals surface area contributed by atoms with Crippen molar-refractivity contribution in [1.82, 2.24) is 4.90 Å². The molecule has 124 valence electrons. The van der Waals surface area contributed by atoms with Crippen LogP contribution in [0.5, 0.6) is 0 Å². The summed E-state index contributed by atoms with van der Waals surface area (Å²) in [5, 5.41) is 2.96. The van der Waals surface area contributed by atoms with Gasteiger partial charge in [0.2, 0.25) is 5.91 Å². The van der Waals surface area contributed by atoms with E-state index in [9.17, 15) is 9.59 Å². The predicted octanol–water partition coefficient (Wildman–Crippen LogP) is 3.55. The van der Waals surface area contributed by atoms with Crippen LogP contribution in [-0.4, -0.2) is 29.3 Å². The van der Waals surface area contributed by atoms with Crippen molar-refractivity contribution in [3.05, 3.63) is 65.2 Å². The second-order valence-electron chi connectivity index (χ2n) is 6.33. The highest BCUT2D eigenvalue weighted by Crippen LogP contribution is 2.23. The van der Waals surface area contributed by atoms with E-state index in [0.29, 0.717) is 18.5 Å². The Bertz CT molecular complexity index is 752. The summed E-state index contributed by atoms with van der Waals surface area (Å²) < 4.78 is 0. The average molecular weight is 322 g/mol. The molecule has 0 saturated carbocycles. The van der Waals surface area contributed by atoms with Gasteiger partial charge in [0.1, 0.15) is 6.04 Å². The van der Waals surface area contributed by atoms with Crippen molar-refractivity contribution >= 4 is 17.5 Å². The van der Waals surface area contributed by atoms with E-state index in [1.807, 2.05) is 62.4 Å². The largest absolute Gasteiger partial charge is 0.327 e. The summed E-state index contributed by atoms with van der Waals surface area (Å²) in [6.07, 6.45) is 1.55. The molecule has 3 rings (SSSR count). The molecule has 2 aromatic carbocycles. The van der Waals surface area contributed by atoms with E-state index in [1.165, 1.54) is 0 Å². The van der Waals surface area contributed by atoms with Gasteiger partial charge in [-0.3, -0.25) is 9.59 Å². The quantitative estimate of drug-likeness (QED) is 0.939. The zero-order valence-electron chi connectivity index (χ0n) is 14.1. The molecular weight excluding hydrogens is 300 g/mol. The standard InChI is InChI=1S/C20H22N2O2/c1-14-9-11-16(12-10-14)20(24)22-13-5-8-18(22)19(23)21-17-7-4-3-6-15(17)2/h3-4,6-7,9-12,18H,5,8,13H2,1-2H3,(H,21,23). The van der Waals surface area contributed by atoms with Gasteiger partial charge in [-0.15, -0.1) is 0 Å². The number of likely N-dealkylation sites (tertiary alicyclic amines) is 1. The Morgan fingerprint density at radius 3 is 2.46 bits per heavy atom. The predicted molar refractivity (Wildman–Crippen MR) is 95.0 cm³/mol. The minimum atomic E-state index is -0.404. The highest BCUT2D eigenvalue weighted by atomic mass is 16.2. The van der Waals surface area contributed by atoms with E-state index in [2.05, 4.69) is 5.32 Å². The number of benzene rings is 2. The number of rotatable bonds is 3. The average Bonchev–Trinajstić information content (AvgIpc) is 3.07. The van der Waals surface area contributed by atoms with Gasteiger partial charge < -0.3 is 10.2 Å². The SMILES string of the molecule is Cc1ccc(C(=O)N2CCCC2C(=O)Nc2ccccc2C)cc1. The molecule has 2 amide bonds. The Kier molecular flexibility index (Phi) is 4.65. The number of anilines is 1. The molecular formula is C20H22N2O2. The Balaban J connectivity index is 1.75. The van der Waals surface area contributed by atoms with E-state index < -0.39 is 6.04 Å². The summed E-state index contributed by atoms with van der Waals surface area (Å²) >= 11 is 0. The number of carbonyl (C=O) groups excluding carboxylic acids is 2. The lowest BCUT2D eigenvalue weighted by atomic mass is 10.1. The minimum Gasteiger partial charge on any atom is -0.327 e. The third-order valence-electron chi connectivity index (χ3n) is 4.52. The van der Waals surface area contributed by atoms with Crippen LogP contribution in [0.15, 0.2) is 48.5 Å². The van der Waals surface area contributed by atoms with E-state index in [1.54, 1.807) is 4.90 Å². The molecule has 0 radical (unpaired) electrons.